The highest BCUT2D eigenvalue weighted by atomic mass is 35.5. The number of nitrogens with zero attached hydrogens (tertiary/aromatic N) is 2. The van der Waals surface area contributed by atoms with E-state index in [4.69, 9.17) is 11.6 Å². The first-order chi connectivity index (χ1) is 9.97. The predicted molar refractivity (Wildman–Crippen MR) is 86.2 cm³/mol. The molecule has 6 heteroatoms. The molecule has 21 heavy (non-hydrogen) atoms. The molecule has 0 fully saturated rings. The lowest BCUT2D eigenvalue weighted by atomic mass is 10.2. The van der Waals surface area contributed by atoms with E-state index >= 15 is 0 Å². The molecule has 0 aliphatic heterocycles. The molecule has 0 spiro atoms. The lowest BCUT2D eigenvalue weighted by Crippen LogP contribution is -2.12. The van der Waals surface area contributed by atoms with Gasteiger partial charge >= 0.3 is 0 Å². The van der Waals surface area contributed by atoms with Crippen molar-refractivity contribution in [2.75, 3.05) is 24.3 Å². The molecule has 0 atom stereocenters. The Morgan fingerprint density at radius 3 is 2.67 bits per heavy atom. The first-order valence-electron chi connectivity index (χ1n) is 6.41. The number of benzene rings is 2. The molecule has 0 amide bonds. The molecule has 0 heterocycles. The summed E-state index contributed by atoms with van der Waals surface area (Å²) < 4.78 is 0. The summed E-state index contributed by atoms with van der Waals surface area (Å²) in [5.74, 6) is 0. The second kappa shape index (κ2) is 6.45. The van der Waals surface area contributed by atoms with E-state index in [0.29, 0.717) is 11.6 Å². The van der Waals surface area contributed by atoms with Crippen molar-refractivity contribution in [2.24, 2.45) is 0 Å². The molecule has 5 nitrogen and oxygen atoms in total. The third-order valence-corrected chi connectivity index (χ3v) is 3.28. The van der Waals surface area contributed by atoms with Crippen LogP contribution in [0.15, 0.2) is 42.5 Å². The van der Waals surface area contributed by atoms with Crippen molar-refractivity contribution < 1.29 is 4.92 Å². The molecular formula is C15H16ClN3O2. The highest BCUT2D eigenvalue weighted by Gasteiger charge is 2.08. The van der Waals surface area contributed by atoms with Crippen LogP contribution in [0.5, 0.6) is 0 Å². The highest BCUT2D eigenvalue weighted by molar-refractivity contribution is 6.31. The molecular weight excluding hydrogens is 290 g/mol. The topological polar surface area (TPSA) is 58.4 Å². The molecule has 0 bridgehead atoms. The maximum atomic E-state index is 10.8. The average molecular weight is 306 g/mol. The van der Waals surface area contributed by atoms with Gasteiger partial charge in [-0.05, 0) is 23.8 Å². The summed E-state index contributed by atoms with van der Waals surface area (Å²) in [5.41, 5.74) is 2.82. The van der Waals surface area contributed by atoms with Crippen molar-refractivity contribution in [3.05, 3.63) is 63.2 Å². The van der Waals surface area contributed by atoms with Crippen molar-refractivity contribution in [1.82, 2.24) is 0 Å². The summed E-state index contributed by atoms with van der Waals surface area (Å²) in [6, 6.07) is 12.2. The minimum Gasteiger partial charge on any atom is -0.379 e. The number of anilines is 2. The first kappa shape index (κ1) is 15.1. The molecule has 0 radical (unpaired) electrons. The van der Waals surface area contributed by atoms with Crippen LogP contribution in [0.2, 0.25) is 5.02 Å². The normalized spacial score (nSPS) is 10.2. The lowest BCUT2D eigenvalue weighted by molar-refractivity contribution is -0.384. The quantitative estimate of drug-likeness (QED) is 0.672. The van der Waals surface area contributed by atoms with E-state index in [0.717, 1.165) is 16.9 Å². The third-order valence-electron chi connectivity index (χ3n) is 3.04. The van der Waals surface area contributed by atoms with Crippen molar-refractivity contribution in [3.63, 3.8) is 0 Å². The summed E-state index contributed by atoms with van der Waals surface area (Å²) >= 11 is 6.02. The van der Waals surface area contributed by atoms with Gasteiger partial charge < -0.3 is 10.2 Å². The average Bonchev–Trinajstić information content (AvgIpc) is 2.45. The Morgan fingerprint density at radius 2 is 2.00 bits per heavy atom. The summed E-state index contributed by atoms with van der Waals surface area (Å²) in [7, 11) is 3.89. The van der Waals surface area contributed by atoms with Gasteiger partial charge in [-0.1, -0.05) is 23.7 Å². The van der Waals surface area contributed by atoms with Gasteiger partial charge in [-0.25, -0.2) is 0 Å². The largest absolute Gasteiger partial charge is 0.379 e. The highest BCUT2D eigenvalue weighted by Crippen LogP contribution is 2.28. The number of hydrogen-bond donors (Lipinski definition) is 1. The molecule has 0 aromatic heterocycles. The number of halogens is 1. The van der Waals surface area contributed by atoms with E-state index < -0.39 is 4.92 Å². The smallest absolute Gasteiger partial charge is 0.269 e. The molecule has 0 saturated heterocycles. The van der Waals surface area contributed by atoms with Gasteiger partial charge in [-0.2, -0.15) is 0 Å². The number of hydrogen-bond acceptors (Lipinski definition) is 4. The van der Waals surface area contributed by atoms with Crippen LogP contribution in [0.4, 0.5) is 17.1 Å². The van der Waals surface area contributed by atoms with Crippen molar-refractivity contribution in [2.45, 2.75) is 6.54 Å². The van der Waals surface area contributed by atoms with Gasteiger partial charge in [0.1, 0.15) is 0 Å². The van der Waals surface area contributed by atoms with Crippen LogP contribution in [0.25, 0.3) is 0 Å². The molecule has 0 unspecified atom stereocenters. The summed E-state index contributed by atoms with van der Waals surface area (Å²) in [4.78, 5) is 12.4. The van der Waals surface area contributed by atoms with E-state index in [1.165, 1.54) is 6.07 Å². The van der Waals surface area contributed by atoms with Crippen molar-refractivity contribution in [1.29, 1.82) is 0 Å². The molecule has 2 aromatic carbocycles. The zero-order valence-electron chi connectivity index (χ0n) is 11.8. The van der Waals surface area contributed by atoms with Crippen LogP contribution in [-0.4, -0.2) is 19.0 Å². The fourth-order valence-electron chi connectivity index (χ4n) is 2.02. The lowest BCUT2D eigenvalue weighted by Gasteiger charge is -2.19. The predicted octanol–water partition coefficient (Wildman–Crippen LogP) is 3.93. The van der Waals surface area contributed by atoms with Crippen LogP contribution in [-0.2, 0) is 6.54 Å². The standard InChI is InChI=1S/C15H16ClN3O2/c1-18(2)15-7-6-12(16)9-14(15)17-10-11-4-3-5-13(8-11)19(20)21/h3-9,17H,10H2,1-2H3. The SMILES string of the molecule is CN(C)c1ccc(Cl)cc1NCc1cccc([N+](=O)[O-])c1. The summed E-state index contributed by atoms with van der Waals surface area (Å²) in [6.07, 6.45) is 0. The Hall–Kier alpha value is -2.27. The molecule has 0 aliphatic carbocycles. The van der Waals surface area contributed by atoms with E-state index in [1.54, 1.807) is 12.1 Å². The monoisotopic (exact) mass is 305 g/mol. The number of nitro benzene ring substituents is 1. The zero-order valence-corrected chi connectivity index (χ0v) is 12.6. The fourth-order valence-corrected chi connectivity index (χ4v) is 2.19. The Labute approximate surface area is 128 Å². The van der Waals surface area contributed by atoms with Gasteiger partial charge in [0.05, 0.1) is 16.3 Å². The van der Waals surface area contributed by atoms with Crippen molar-refractivity contribution >= 4 is 28.7 Å². The van der Waals surface area contributed by atoms with E-state index in [1.807, 2.05) is 43.3 Å². The maximum absolute atomic E-state index is 10.8. The van der Waals surface area contributed by atoms with Crippen LogP contribution in [0.1, 0.15) is 5.56 Å². The van der Waals surface area contributed by atoms with Crippen LogP contribution < -0.4 is 10.2 Å². The van der Waals surface area contributed by atoms with Gasteiger partial charge in [-0.3, -0.25) is 10.1 Å². The second-order valence-electron chi connectivity index (χ2n) is 4.84. The third kappa shape index (κ3) is 3.86. The summed E-state index contributed by atoms with van der Waals surface area (Å²) in [6.45, 7) is 0.489. The molecule has 1 N–H and O–H groups in total. The fraction of sp³-hybridized carbons (Fsp3) is 0.200. The Bertz CT molecular complexity index is 659. The molecule has 2 rings (SSSR count). The van der Waals surface area contributed by atoms with Crippen LogP contribution in [0, 0.1) is 10.1 Å². The Balaban J connectivity index is 2.18. The Morgan fingerprint density at radius 1 is 1.24 bits per heavy atom. The van der Waals surface area contributed by atoms with Gasteiger partial charge in [0, 0.05) is 37.8 Å². The van der Waals surface area contributed by atoms with E-state index in [9.17, 15) is 10.1 Å². The molecule has 110 valence electrons. The first-order valence-corrected chi connectivity index (χ1v) is 6.79. The van der Waals surface area contributed by atoms with Gasteiger partial charge in [0.15, 0.2) is 0 Å². The molecule has 0 aliphatic rings. The minimum absolute atomic E-state index is 0.0910. The van der Waals surface area contributed by atoms with Crippen molar-refractivity contribution in [3.8, 4) is 0 Å². The number of non-ortho nitro benzene ring substituents is 1. The van der Waals surface area contributed by atoms with Crippen LogP contribution in [0.3, 0.4) is 0 Å². The van der Waals surface area contributed by atoms with Crippen LogP contribution >= 0.6 is 11.6 Å². The number of rotatable bonds is 5. The van der Waals surface area contributed by atoms with E-state index in [2.05, 4.69) is 5.32 Å². The van der Waals surface area contributed by atoms with Gasteiger partial charge in [-0.15, -0.1) is 0 Å². The van der Waals surface area contributed by atoms with E-state index in [-0.39, 0.29) is 5.69 Å². The van der Waals surface area contributed by atoms with Gasteiger partial charge in [0.2, 0.25) is 0 Å². The Kier molecular flexibility index (Phi) is 4.65. The second-order valence-corrected chi connectivity index (χ2v) is 5.27. The molecule has 0 saturated carbocycles. The van der Waals surface area contributed by atoms with Gasteiger partial charge in [0.25, 0.3) is 5.69 Å². The summed E-state index contributed by atoms with van der Waals surface area (Å²) in [5, 5.41) is 14.7. The maximum Gasteiger partial charge on any atom is 0.269 e. The zero-order chi connectivity index (χ0) is 15.4. The number of nitrogens with one attached hydrogen (secondary N) is 1. The molecule has 2 aromatic rings. The number of nitro groups is 1. The minimum atomic E-state index is -0.395.